The molecule has 1 aliphatic rings. The van der Waals surface area contributed by atoms with Crippen molar-refractivity contribution >= 4 is 17.7 Å². The lowest BCUT2D eigenvalue weighted by atomic mass is 10.2. The molecule has 1 amide bonds. The molecule has 0 radical (unpaired) electrons. The first-order chi connectivity index (χ1) is 6.94. The summed E-state index contributed by atoms with van der Waals surface area (Å²) >= 11 is -0.0904. The lowest BCUT2D eigenvalue weighted by molar-refractivity contribution is -0.128. The Kier molecular flexibility index (Phi) is 4.27. The number of hydrogen-bond acceptors (Lipinski definition) is 3. The van der Waals surface area contributed by atoms with Gasteiger partial charge in [-0.15, -0.1) is 0 Å². The van der Waals surface area contributed by atoms with Gasteiger partial charge in [0.25, 0.3) is 0 Å². The zero-order chi connectivity index (χ0) is 11.5. The summed E-state index contributed by atoms with van der Waals surface area (Å²) in [5.74, 6) is -0.201. The maximum atomic E-state index is 11.8. The lowest BCUT2D eigenvalue weighted by Gasteiger charge is -2.15. The number of carbonyl (C=O) groups excluding carboxylic acids is 1. The van der Waals surface area contributed by atoms with Crippen molar-refractivity contribution in [2.45, 2.75) is 24.9 Å². The molecule has 1 saturated heterocycles. The number of halogens is 3. The third-order valence-electron chi connectivity index (χ3n) is 2.17. The van der Waals surface area contributed by atoms with E-state index in [1.807, 2.05) is 6.92 Å². The number of thioether (sulfide) groups is 1. The highest BCUT2D eigenvalue weighted by atomic mass is 32.2. The van der Waals surface area contributed by atoms with Gasteiger partial charge >= 0.3 is 5.51 Å². The van der Waals surface area contributed by atoms with Crippen molar-refractivity contribution in [3.8, 4) is 0 Å². The van der Waals surface area contributed by atoms with Crippen LogP contribution in [0.25, 0.3) is 0 Å². The fourth-order valence-electron chi connectivity index (χ4n) is 1.39. The van der Waals surface area contributed by atoms with E-state index in [1.54, 1.807) is 0 Å². The molecule has 7 heteroatoms. The van der Waals surface area contributed by atoms with Gasteiger partial charge in [-0.05, 0) is 18.2 Å². The van der Waals surface area contributed by atoms with Crippen molar-refractivity contribution in [1.29, 1.82) is 0 Å². The highest BCUT2D eigenvalue weighted by Gasteiger charge is 2.31. The highest BCUT2D eigenvalue weighted by molar-refractivity contribution is 8.00. The van der Waals surface area contributed by atoms with E-state index in [4.69, 9.17) is 0 Å². The van der Waals surface area contributed by atoms with E-state index in [9.17, 15) is 18.0 Å². The van der Waals surface area contributed by atoms with E-state index in [0.29, 0.717) is 13.1 Å². The first-order valence-electron chi connectivity index (χ1n) is 4.67. The molecule has 0 aromatic rings. The van der Waals surface area contributed by atoms with Gasteiger partial charge in [0.2, 0.25) is 5.91 Å². The summed E-state index contributed by atoms with van der Waals surface area (Å²) in [5.41, 5.74) is -4.21. The van der Waals surface area contributed by atoms with Crippen LogP contribution >= 0.6 is 11.8 Å². The molecule has 0 spiro atoms. The molecule has 0 saturated carbocycles. The Morgan fingerprint density at radius 2 is 2.27 bits per heavy atom. The molecule has 1 fully saturated rings. The average molecular weight is 242 g/mol. The fraction of sp³-hybridized carbons (Fsp3) is 0.875. The number of nitrogens with one attached hydrogen (secondary N) is 1. The van der Waals surface area contributed by atoms with Crippen molar-refractivity contribution in [3.63, 3.8) is 0 Å². The SMILES string of the molecule is CCC1NCN(CCSC(F)(F)F)C1=O. The maximum Gasteiger partial charge on any atom is 0.441 e. The van der Waals surface area contributed by atoms with Crippen molar-refractivity contribution in [3.05, 3.63) is 0 Å². The van der Waals surface area contributed by atoms with Crippen LogP contribution in [0.4, 0.5) is 13.2 Å². The predicted octanol–water partition coefficient (Wildman–Crippen LogP) is 1.41. The van der Waals surface area contributed by atoms with Crippen LogP contribution in [0.3, 0.4) is 0 Å². The second-order valence-electron chi connectivity index (χ2n) is 3.22. The van der Waals surface area contributed by atoms with E-state index < -0.39 is 5.51 Å². The second-order valence-corrected chi connectivity index (χ2v) is 4.38. The monoisotopic (exact) mass is 242 g/mol. The molecular formula is C8H13F3N2OS. The van der Waals surface area contributed by atoms with Crippen LogP contribution in [0, 0.1) is 0 Å². The summed E-state index contributed by atoms with van der Waals surface area (Å²) < 4.78 is 35.4. The first kappa shape index (κ1) is 12.6. The molecule has 3 nitrogen and oxygen atoms in total. The Bertz CT molecular complexity index is 234. The molecule has 1 heterocycles. The van der Waals surface area contributed by atoms with Crippen LogP contribution in [0.1, 0.15) is 13.3 Å². The zero-order valence-corrected chi connectivity index (χ0v) is 9.12. The normalized spacial score (nSPS) is 22.5. The van der Waals surface area contributed by atoms with Gasteiger partial charge in [-0.25, -0.2) is 0 Å². The lowest BCUT2D eigenvalue weighted by Crippen LogP contribution is -2.31. The number of nitrogens with zero attached hydrogens (tertiary/aromatic N) is 1. The van der Waals surface area contributed by atoms with Crippen molar-refractivity contribution in [2.75, 3.05) is 19.0 Å². The second kappa shape index (κ2) is 5.07. The molecule has 0 aromatic carbocycles. The van der Waals surface area contributed by atoms with Gasteiger partial charge < -0.3 is 4.90 Å². The molecule has 0 bridgehead atoms. The standard InChI is InChI=1S/C8H13F3N2OS/c1-2-6-7(14)13(5-12-6)3-4-15-8(9,10)11/h6,12H,2-5H2,1H3. The fourth-order valence-corrected chi connectivity index (χ4v) is 1.93. The predicted molar refractivity (Wildman–Crippen MR) is 52.3 cm³/mol. The Morgan fingerprint density at radius 3 is 2.73 bits per heavy atom. The van der Waals surface area contributed by atoms with Gasteiger partial charge in [-0.1, -0.05) is 6.92 Å². The molecule has 1 aliphatic heterocycles. The number of hydrogen-bond donors (Lipinski definition) is 1. The third-order valence-corrected chi connectivity index (χ3v) is 2.89. The van der Waals surface area contributed by atoms with E-state index in [2.05, 4.69) is 5.32 Å². The summed E-state index contributed by atoms with van der Waals surface area (Å²) in [7, 11) is 0. The highest BCUT2D eigenvalue weighted by Crippen LogP contribution is 2.29. The Hall–Kier alpha value is -0.430. The topological polar surface area (TPSA) is 32.3 Å². The Balaban J connectivity index is 2.26. The van der Waals surface area contributed by atoms with E-state index in [0.717, 1.165) is 0 Å². The van der Waals surface area contributed by atoms with Crippen molar-refractivity contribution in [2.24, 2.45) is 0 Å². The van der Waals surface area contributed by atoms with Gasteiger partial charge in [0, 0.05) is 12.3 Å². The van der Waals surface area contributed by atoms with E-state index >= 15 is 0 Å². The summed E-state index contributed by atoms with van der Waals surface area (Å²) in [4.78, 5) is 12.9. The first-order valence-corrected chi connectivity index (χ1v) is 5.65. The molecule has 15 heavy (non-hydrogen) atoms. The van der Waals surface area contributed by atoms with Crippen LogP contribution in [0.2, 0.25) is 0 Å². The van der Waals surface area contributed by atoms with E-state index in [-0.39, 0.29) is 36.0 Å². The van der Waals surface area contributed by atoms with Crippen LogP contribution in [-0.2, 0) is 4.79 Å². The minimum Gasteiger partial charge on any atom is -0.328 e. The Morgan fingerprint density at radius 1 is 1.60 bits per heavy atom. The van der Waals surface area contributed by atoms with Gasteiger partial charge in [-0.3, -0.25) is 10.1 Å². The number of carbonyl (C=O) groups is 1. The molecule has 1 N–H and O–H groups in total. The minimum absolute atomic E-state index is 0.0904. The van der Waals surface area contributed by atoms with Crippen LogP contribution in [0.15, 0.2) is 0 Å². The summed E-state index contributed by atoms with van der Waals surface area (Å²) in [6.45, 7) is 2.37. The molecule has 1 unspecified atom stereocenters. The zero-order valence-electron chi connectivity index (χ0n) is 8.30. The molecule has 1 atom stereocenters. The van der Waals surface area contributed by atoms with Gasteiger partial charge in [0.05, 0.1) is 12.7 Å². The van der Waals surface area contributed by atoms with Gasteiger partial charge in [0.15, 0.2) is 0 Å². The number of amides is 1. The van der Waals surface area contributed by atoms with E-state index in [1.165, 1.54) is 4.90 Å². The minimum atomic E-state index is -4.21. The summed E-state index contributed by atoms with van der Waals surface area (Å²) in [5, 5.41) is 2.94. The van der Waals surface area contributed by atoms with Crippen molar-refractivity contribution in [1.82, 2.24) is 10.2 Å². The van der Waals surface area contributed by atoms with Crippen LogP contribution in [-0.4, -0.2) is 41.3 Å². The largest absolute Gasteiger partial charge is 0.441 e. The van der Waals surface area contributed by atoms with Crippen LogP contribution < -0.4 is 5.32 Å². The third kappa shape index (κ3) is 3.90. The number of alkyl halides is 3. The maximum absolute atomic E-state index is 11.8. The quantitative estimate of drug-likeness (QED) is 0.809. The average Bonchev–Trinajstić information content (AvgIpc) is 2.46. The van der Waals surface area contributed by atoms with Gasteiger partial charge in [-0.2, -0.15) is 13.2 Å². The Labute approximate surface area is 90.4 Å². The summed E-state index contributed by atoms with van der Waals surface area (Å²) in [6, 6.07) is -0.221. The molecular weight excluding hydrogens is 229 g/mol. The van der Waals surface area contributed by atoms with Crippen LogP contribution in [0.5, 0.6) is 0 Å². The number of rotatable bonds is 4. The molecule has 0 aromatic heterocycles. The molecule has 1 rings (SSSR count). The molecule has 0 aliphatic carbocycles. The summed E-state index contributed by atoms with van der Waals surface area (Å²) in [6.07, 6.45) is 0.668. The van der Waals surface area contributed by atoms with Crippen molar-refractivity contribution < 1.29 is 18.0 Å². The molecule has 88 valence electrons. The smallest absolute Gasteiger partial charge is 0.328 e. The van der Waals surface area contributed by atoms with Gasteiger partial charge in [0.1, 0.15) is 0 Å².